The number of benzene rings is 2. The highest BCUT2D eigenvalue weighted by Crippen LogP contribution is 2.29. The molecule has 3 rings (SSSR count). The van der Waals surface area contributed by atoms with Gasteiger partial charge in [-0.1, -0.05) is 19.1 Å². The van der Waals surface area contributed by atoms with Gasteiger partial charge in [0, 0.05) is 10.9 Å². The molecule has 0 saturated heterocycles. The van der Waals surface area contributed by atoms with E-state index in [-0.39, 0.29) is 0 Å². The number of aromatic nitrogens is 1. The quantitative estimate of drug-likeness (QED) is 0.355. The van der Waals surface area contributed by atoms with Gasteiger partial charge in [-0.25, -0.2) is 4.98 Å². The van der Waals surface area contributed by atoms with Gasteiger partial charge in [0.15, 0.2) is 11.5 Å². The Hall–Kier alpha value is -3.06. The Kier molecular flexibility index (Phi) is 7.47. The lowest BCUT2D eigenvalue weighted by molar-refractivity contribution is 0.277. The van der Waals surface area contributed by atoms with Gasteiger partial charge < -0.3 is 14.2 Å². The monoisotopic (exact) mass is 411 g/mol. The van der Waals surface area contributed by atoms with E-state index in [2.05, 4.69) is 22.4 Å². The molecule has 2 aromatic carbocycles. The Morgan fingerprint density at radius 3 is 2.79 bits per heavy atom. The maximum absolute atomic E-state index is 5.73. The molecule has 0 unspecified atom stereocenters. The van der Waals surface area contributed by atoms with Crippen molar-refractivity contribution in [1.29, 1.82) is 0 Å². The van der Waals surface area contributed by atoms with Gasteiger partial charge in [-0.05, 0) is 49.2 Å². The van der Waals surface area contributed by atoms with Crippen LogP contribution in [0, 0.1) is 0 Å². The fraction of sp³-hybridized carbons (Fsp3) is 0.273. The van der Waals surface area contributed by atoms with Crippen LogP contribution in [0.3, 0.4) is 0 Å². The van der Waals surface area contributed by atoms with Crippen LogP contribution in [0.5, 0.6) is 17.2 Å². The molecule has 29 heavy (non-hydrogen) atoms. The summed E-state index contributed by atoms with van der Waals surface area (Å²) in [4.78, 5) is 4.58. The number of thiazole rings is 1. The molecule has 0 radical (unpaired) electrons. The highest BCUT2D eigenvalue weighted by Gasteiger charge is 2.07. The first-order chi connectivity index (χ1) is 14.2. The minimum absolute atomic E-state index is 0.577. The van der Waals surface area contributed by atoms with Crippen LogP contribution in [-0.4, -0.2) is 31.5 Å². The molecule has 7 heteroatoms. The number of hydrogen-bond donors (Lipinski definition) is 1. The van der Waals surface area contributed by atoms with Gasteiger partial charge in [0.1, 0.15) is 5.75 Å². The molecular weight excluding hydrogens is 386 g/mol. The van der Waals surface area contributed by atoms with E-state index >= 15 is 0 Å². The Morgan fingerprint density at radius 2 is 2.00 bits per heavy atom. The van der Waals surface area contributed by atoms with Gasteiger partial charge in [0.2, 0.25) is 5.13 Å². The number of nitrogens with one attached hydrogen (secondary N) is 1. The topological polar surface area (TPSA) is 65.0 Å². The summed E-state index contributed by atoms with van der Waals surface area (Å²) in [7, 11) is 1.65. The first-order valence-corrected chi connectivity index (χ1v) is 10.4. The molecular formula is C22H25N3O3S. The second-order valence-corrected chi connectivity index (χ2v) is 6.99. The Morgan fingerprint density at radius 1 is 1.10 bits per heavy atom. The van der Waals surface area contributed by atoms with Crippen LogP contribution in [-0.2, 0) is 0 Å². The van der Waals surface area contributed by atoms with Gasteiger partial charge in [0.25, 0.3) is 0 Å². The lowest BCUT2D eigenvalue weighted by Crippen LogP contribution is -2.00. The van der Waals surface area contributed by atoms with Crippen molar-refractivity contribution >= 4 is 22.7 Å². The first-order valence-electron chi connectivity index (χ1n) is 9.52. The molecule has 0 aliphatic carbocycles. The molecule has 1 heterocycles. The lowest BCUT2D eigenvalue weighted by Gasteiger charge is -2.11. The zero-order chi connectivity index (χ0) is 20.5. The van der Waals surface area contributed by atoms with Crippen molar-refractivity contribution in [2.24, 2.45) is 5.10 Å². The Bertz CT molecular complexity index is 956. The smallest absolute Gasteiger partial charge is 0.203 e. The normalized spacial score (nSPS) is 10.9. The number of rotatable bonds is 10. The van der Waals surface area contributed by atoms with E-state index in [9.17, 15) is 0 Å². The van der Waals surface area contributed by atoms with Crippen LogP contribution in [0.15, 0.2) is 52.9 Å². The SMILES string of the molecule is CCCOc1ccc(/C=N\Nc2nc(-c3cccc(OC)c3)cs2)cc1OCC. The summed E-state index contributed by atoms with van der Waals surface area (Å²) in [5, 5.41) is 7.00. The van der Waals surface area contributed by atoms with Crippen molar-refractivity contribution in [3.8, 4) is 28.5 Å². The minimum Gasteiger partial charge on any atom is -0.497 e. The molecule has 0 spiro atoms. The summed E-state index contributed by atoms with van der Waals surface area (Å²) < 4.78 is 16.7. The number of hydrogen-bond acceptors (Lipinski definition) is 7. The summed E-state index contributed by atoms with van der Waals surface area (Å²) in [6.45, 7) is 5.27. The minimum atomic E-state index is 0.577. The Labute approximate surface area is 175 Å². The van der Waals surface area contributed by atoms with Gasteiger partial charge >= 0.3 is 0 Å². The van der Waals surface area contributed by atoms with E-state index < -0.39 is 0 Å². The Balaban J connectivity index is 1.66. The van der Waals surface area contributed by atoms with E-state index in [4.69, 9.17) is 14.2 Å². The zero-order valence-electron chi connectivity index (χ0n) is 16.8. The summed E-state index contributed by atoms with van der Waals surface area (Å²) in [5.41, 5.74) is 5.78. The third kappa shape index (κ3) is 5.71. The average Bonchev–Trinajstić information content (AvgIpc) is 3.22. The maximum atomic E-state index is 5.73. The van der Waals surface area contributed by atoms with E-state index in [1.165, 1.54) is 11.3 Å². The fourth-order valence-electron chi connectivity index (χ4n) is 2.61. The molecule has 3 aromatic rings. The first kappa shape index (κ1) is 20.7. The average molecular weight is 412 g/mol. The molecule has 0 saturated carbocycles. The molecule has 0 bridgehead atoms. The van der Waals surface area contributed by atoms with Crippen LogP contribution in [0.4, 0.5) is 5.13 Å². The summed E-state index contributed by atoms with van der Waals surface area (Å²) >= 11 is 1.49. The van der Waals surface area contributed by atoms with Crippen molar-refractivity contribution < 1.29 is 14.2 Å². The largest absolute Gasteiger partial charge is 0.497 e. The molecule has 152 valence electrons. The van der Waals surface area contributed by atoms with E-state index in [0.29, 0.717) is 18.3 Å². The molecule has 0 atom stereocenters. The van der Waals surface area contributed by atoms with Gasteiger partial charge in [-0.15, -0.1) is 11.3 Å². The number of nitrogens with zero attached hydrogens (tertiary/aromatic N) is 2. The predicted octanol–water partition coefficient (Wildman–Crippen LogP) is 5.45. The summed E-state index contributed by atoms with van der Waals surface area (Å²) in [6.07, 6.45) is 2.68. The maximum Gasteiger partial charge on any atom is 0.203 e. The van der Waals surface area contributed by atoms with E-state index in [1.54, 1.807) is 13.3 Å². The highest BCUT2D eigenvalue weighted by atomic mass is 32.1. The number of anilines is 1. The van der Waals surface area contributed by atoms with Gasteiger partial charge in [-0.2, -0.15) is 5.10 Å². The highest BCUT2D eigenvalue weighted by molar-refractivity contribution is 7.14. The second kappa shape index (κ2) is 10.5. The number of ether oxygens (including phenoxy) is 3. The van der Waals surface area contributed by atoms with Crippen molar-refractivity contribution in [3.63, 3.8) is 0 Å². The third-order valence-corrected chi connectivity index (χ3v) is 4.72. The molecule has 1 aromatic heterocycles. The van der Waals surface area contributed by atoms with E-state index in [0.717, 1.165) is 40.5 Å². The van der Waals surface area contributed by atoms with Crippen molar-refractivity contribution in [3.05, 3.63) is 53.4 Å². The predicted molar refractivity (Wildman–Crippen MR) is 119 cm³/mol. The summed E-state index contributed by atoms with van der Waals surface area (Å²) in [6, 6.07) is 13.6. The fourth-order valence-corrected chi connectivity index (χ4v) is 3.28. The second-order valence-electron chi connectivity index (χ2n) is 6.13. The standard InChI is InChI=1S/C22H25N3O3S/c1-4-11-28-20-10-9-16(12-21(20)27-5-2)14-23-25-22-24-19(15-29-22)17-7-6-8-18(13-17)26-3/h6-10,12-15H,4-5,11H2,1-3H3,(H,24,25)/b23-14-. The number of hydrazone groups is 1. The van der Waals surface area contributed by atoms with Crippen LogP contribution in [0.2, 0.25) is 0 Å². The van der Waals surface area contributed by atoms with Gasteiger partial charge in [0.05, 0.1) is 32.2 Å². The lowest BCUT2D eigenvalue weighted by atomic mass is 10.2. The molecule has 0 fully saturated rings. The molecule has 1 N–H and O–H groups in total. The van der Waals surface area contributed by atoms with E-state index in [1.807, 2.05) is 54.8 Å². The van der Waals surface area contributed by atoms with Crippen LogP contribution in [0.25, 0.3) is 11.3 Å². The zero-order valence-corrected chi connectivity index (χ0v) is 17.7. The van der Waals surface area contributed by atoms with Crippen molar-refractivity contribution in [2.75, 3.05) is 25.7 Å². The molecule has 0 amide bonds. The third-order valence-electron chi connectivity index (χ3n) is 3.97. The molecule has 0 aliphatic heterocycles. The van der Waals surface area contributed by atoms with Crippen molar-refractivity contribution in [1.82, 2.24) is 4.98 Å². The van der Waals surface area contributed by atoms with Crippen molar-refractivity contribution in [2.45, 2.75) is 20.3 Å². The van der Waals surface area contributed by atoms with Crippen LogP contribution >= 0.6 is 11.3 Å². The van der Waals surface area contributed by atoms with Crippen LogP contribution < -0.4 is 19.6 Å². The summed E-state index contributed by atoms with van der Waals surface area (Å²) in [5.74, 6) is 2.28. The van der Waals surface area contributed by atoms with Crippen LogP contribution in [0.1, 0.15) is 25.8 Å². The number of methoxy groups -OCH3 is 1. The van der Waals surface area contributed by atoms with Gasteiger partial charge in [-0.3, -0.25) is 5.43 Å². The molecule has 0 aliphatic rings. The molecule has 6 nitrogen and oxygen atoms in total.